The standard InChI is InChI=1S/C11H12N2O2/c1-3-15-10-4-5-12-9-6-8(7-14)13(2)11(9)10/h4-7H,3H2,1-2H3. The molecule has 4 heteroatoms. The van der Waals surface area contributed by atoms with Gasteiger partial charge in [0.25, 0.3) is 0 Å². The molecule has 78 valence electrons. The van der Waals surface area contributed by atoms with Crippen LogP contribution in [0.15, 0.2) is 18.3 Å². The van der Waals surface area contributed by atoms with Crippen molar-refractivity contribution < 1.29 is 9.53 Å². The van der Waals surface area contributed by atoms with Gasteiger partial charge in [-0.1, -0.05) is 0 Å². The number of carbonyl (C=O) groups is 1. The molecule has 0 aliphatic heterocycles. The number of pyridine rings is 1. The van der Waals surface area contributed by atoms with Crippen LogP contribution in [0.5, 0.6) is 5.75 Å². The fourth-order valence-corrected chi connectivity index (χ4v) is 1.65. The van der Waals surface area contributed by atoms with Gasteiger partial charge in [-0.3, -0.25) is 9.78 Å². The first-order valence-electron chi connectivity index (χ1n) is 4.80. The molecular weight excluding hydrogens is 192 g/mol. The Morgan fingerprint density at radius 2 is 2.40 bits per heavy atom. The van der Waals surface area contributed by atoms with Gasteiger partial charge in [-0.05, 0) is 13.0 Å². The molecule has 0 N–H and O–H groups in total. The van der Waals surface area contributed by atoms with Gasteiger partial charge in [-0.25, -0.2) is 0 Å². The highest BCUT2D eigenvalue weighted by Gasteiger charge is 2.10. The Balaban J connectivity index is 2.72. The van der Waals surface area contributed by atoms with Crippen molar-refractivity contribution in [1.29, 1.82) is 0 Å². The molecule has 2 aromatic heterocycles. The Labute approximate surface area is 87.5 Å². The predicted molar refractivity (Wildman–Crippen MR) is 57.3 cm³/mol. The van der Waals surface area contributed by atoms with Gasteiger partial charge in [0.05, 0.1) is 17.8 Å². The maximum atomic E-state index is 10.8. The topological polar surface area (TPSA) is 44.1 Å². The Morgan fingerprint density at radius 3 is 3.07 bits per heavy atom. The molecule has 4 nitrogen and oxygen atoms in total. The molecule has 0 aliphatic carbocycles. The summed E-state index contributed by atoms with van der Waals surface area (Å²) in [5.74, 6) is 0.762. The van der Waals surface area contributed by atoms with Crippen LogP contribution in [0.25, 0.3) is 11.0 Å². The number of nitrogens with zero attached hydrogens (tertiary/aromatic N) is 2. The van der Waals surface area contributed by atoms with Crippen molar-refractivity contribution in [2.75, 3.05) is 6.61 Å². The lowest BCUT2D eigenvalue weighted by molar-refractivity contribution is 0.111. The van der Waals surface area contributed by atoms with Gasteiger partial charge >= 0.3 is 0 Å². The van der Waals surface area contributed by atoms with Gasteiger partial charge in [0.15, 0.2) is 6.29 Å². The first kappa shape index (κ1) is 9.71. The van der Waals surface area contributed by atoms with E-state index in [9.17, 15) is 4.79 Å². The molecule has 0 bridgehead atoms. The second kappa shape index (κ2) is 3.73. The minimum Gasteiger partial charge on any atom is -0.492 e. The Hall–Kier alpha value is -1.84. The largest absolute Gasteiger partial charge is 0.492 e. The Bertz CT molecular complexity index is 503. The first-order chi connectivity index (χ1) is 7.27. The van der Waals surface area contributed by atoms with Crippen molar-refractivity contribution in [2.45, 2.75) is 6.92 Å². The SMILES string of the molecule is CCOc1ccnc2cc(C=O)n(C)c12. The maximum Gasteiger partial charge on any atom is 0.166 e. The molecule has 0 radical (unpaired) electrons. The van der Waals surface area contributed by atoms with E-state index in [-0.39, 0.29) is 0 Å². The molecule has 0 saturated heterocycles. The zero-order chi connectivity index (χ0) is 10.8. The summed E-state index contributed by atoms with van der Waals surface area (Å²) >= 11 is 0. The summed E-state index contributed by atoms with van der Waals surface area (Å²) < 4.78 is 7.27. The van der Waals surface area contributed by atoms with Crippen LogP contribution >= 0.6 is 0 Å². The van der Waals surface area contributed by atoms with Gasteiger partial charge in [0.1, 0.15) is 11.3 Å². The summed E-state index contributed by atoms with van der Waals surface area (Å²) in [6.07, 6.45) is 2.50. The molecule has 0 unspecified atom stereocenters. The highest BCUT2D eigenvalue weighted by atomic mass is 16.5. The van der Waals surface area contributed by atoms with Crippen molar-refractivity contribution in [2.24, 2.45) is 7.05 Å². The number of aryl methyl sites for hydroxylation is 1. The third-order valence-corrected chi connectivity index (χ3v) is 2.34. The van der Waals surface area contributed by atoms with Gasteiger partial charge in [-0.2, -0.15) is 0 Å². The van der Waals surface area contributed by atoms with E-state index >= 15 is 0 Å². The molecule has 0 fully saturated rings. The van der Waals surface area contributed by atoms with Crippen LogP contribution in [-0.2, 0) is 7.05 Å². The quantitative estimate of drug-likeness (QED) is 0.716. The lowest BCUT2D eigenvalue weighted by Gasteiger charge is -2.06. The second-order valence-corrected chi connectivity index (χ2v) is 3.22. The van der Waals surface area contributed by atoms with E-state index in [2.05, 4.69) is 4.98 Å². The summed E-state index contributed by atoms with van der Waals surface area (Å²) in [6, 6.07) is 3.56. The van der Waals surface area contributed by atoms with Crippen LogP contribution in [0.1, 0.15) is 17.4 Å². The number of aldehydes is 1. The van der Waals surface area contributed by atoms with E-state index in [0.717, 1.165) is 23.1 Å². The van der Waals surface area contributed by atoms with Gasteiger partial charge in [0.2, 0.25) is 0 Å². The zero-order valence-corrected chi connectivity index (χ0v) is 8.73. The molecule has 2 heterocycles. The van der Waals surface area contributed by atoms with Crippen molar-refractivity contribution in [3.63, 3.8) is 0 Å². The van der Waals surface area contributed by atoms with E-state index < -0.39 is 0 Å². The minimum atomic E-state index is 0.598. The fraction of sp³-hybridized carbons (Fsp3) is 0.273. The molecule has 15 heavy (non-hydrogen) atoms. The normalized spacial score (nSPS) is 10.5. The summed E-state index contributed by atoms with van der Waals surface area (Å²) in [5.41, 5.74) is 2.25. The monoisotopic (exact) mass is 204 g/mol. The van der Waals surface area contributed by atoms with E-state index in [1.807, 2.05) is 14.0 Å². The van der Waals surface area contributed by atoms with E-state index in [1.54, 1.807) is 22.9 Å². The third-order valence-electron chi connectivity index (χ3n) is 2.34. The van der Waals surface area contributed by atoms with Gasteiger partial charge in [-0.15, -0.1) is 0 Å². The van der Waals surface area contributed by atoms with Gasteiger partial charge in [0, 0.05) is 19.3 Å². The molecular formula is C11H12N2O2. The molecule has 0 amide bonds. The average Bonchev–Trinajstić information content (AvgIpc) is 2.57. The molecule has 0 spiro atoms. The number of aromatic nitrogens is 2. The number of rotatable bonds is 3. The number of hydrogen-bond acceptors (Lipinski definition) is 3. The van der Waals surface area contributed by atoms with E-state index in [0.29, 0.717) is 12.3 Å². The first-order valence-corrected chi connectivity index (χ1v) is 4.80. The number of hydrogen-bond donors (Lipinski definition) is 0. The lowest BCUT2D eigenvalue weighted by atomic mass is 10.3. The van der Waals surface area contributed by atoms with Crippen LogP contribution in [0.4, 0.5) is 0 Å². The lowest BCUT2D eigenvalue weighted by Crippen LogP contribution is -1.98. The van der Waals surface area contributed by atoms with Crippen LogP contribution in [0.3, 0.4) is 0 Å². The maximum absolute atomic E-state index is 10.8. The average molecular weight is 204 g/mol. The number of carbonyl (C=O) groups excluding carboxylic acids is 1. The highest BCUT2D eigenvalue weighted by molar-refractivity contribution is 5.89. The smallest absolute Gasteiger partial charge is 0.166 e. The zero-order valence-electron chi connectivity index (χ0n) is 8.73. The van der Waals surface area contributed by atoms with Crippen molar-refractivity contribution in [3.05, 3.63) is 24.0 Å². The summed E-state index contributed by atoms with van der Waals surface area (Å²) in [4.78, 5) is 15.0. The summed E-state index contributed by atoms with van der Waals surface area (Å²) in [6.45, 7) is 2.52. The second-order valence-electron chi connectivity index (χ2n) is 3.22. The number of ether oxygens (including phenoxy) is 1. The van der Waals surface area contributed by atoms with Crippen molar-refractivity contribution in [3.8, 4) is 5.75 Å². The molecule has 0 saturated carbocycles. The van der Waals surface area contributed by atoms with Crippen molar-refractivity contribution >= 4 is 17.3 Å². The predicted octanol–water partition coefficient (Wildman–Crippen LogP) is 1.78. The molecule has 0 atom stereocenters. The minimum absolute atomic E-state index is 0.598. The molecule has 0 aromatic carbocycles. The van der Waals surface area contributed by atoms with Crippen LogP contribution in [0.2, 0.25) is 0 Å². The Morgan fingerprint density at radius 1 is 1.60 bits per heavy atom. The Kier molecular flexibility index (Phi) is 2.41. The van der Waals surface area contributed by atoms with Crippen LogP contribution in [-0.4, -0.2) is 22.4 Å². The van der Waals surface area contributed by atoms with E-state index in [1.165, 1.54) is 0 Å². The molecule has 2 aromatic rings. The summed E-state index contributed by atoms with van der Waals surface area (Å²) in [5, 5.41) is 0. The van der Waals surface area contributed by atoms with Crippen LogP contribution in [0, 0.1) is 0 Å². The fourth-order valence-electron chi connectivity index (χ4n) is 1.65. The number of fused-ring (bicyclic) bond motifs is 1. The van der Waals surface area contributed by atoms with Gasteiger partial charge < -0.3 is 9.30 Å². The molecule has 2 rings (SSSR count). The van der Waals surface area contributed by atoms with Crippen molar-refractivity contribution in [1.82, 2.24) is 9.55 Å². The van der Waals surface area contributed by atoms with Crippen LogP contribution < -0.4 is 4.74 Å². The third kappa shape index (κ3) is 1.48. The molecule has 0 aliphatic rings. The van der Waals surface area contributed by atoms with E-state index in [4.69, 9.17) is 4.74 Å². The highest BCUT2D eigenvalue weighted by Crippen LogP contribution is 2.25. The summed E-state index contributed by atoms with van der Waals surface area (Å²) in [7, 11) is 1.83.